The summed E-state index contributed by atoms with van der Waals surface area (Å²) in [6.45, 7) is 3.77. The van der Waals surface area contributed by atoms with Crippen LogP contribution in [-0.4, -0.2) is 54.3 Å². The molecule has 1 aromatic rings. The number of nitrogen functional groups attached to an aromatic ring is 1. The van der Waals surface area contributed by atoms with Gasteiger partial charge in [0.25, 0.3) is 0 Å². The molecule has 4 rings (SSSR count). The van der Waals surface area contributed by atoms with Crippen molar-refractivity contribution in [2.75, 3.05) is 38.5 Å². The fourth-order valence-corrected chi connectivity index (χ4v) is 5.05. The molecule has 2 amide bonds. The minimum absolute atomic E-state index is 0.0105. The van der Waals surface area contributed by atoms with Crippen molar-refractivity contribution in [2.24, 2.45) is 11.3 Å². The number of rotatable bonds is 5. The van der Waals surface area contributed by atoms with Crippen LogP contribution in [0, 0.1) is 11.3 Å². The van der Waals surface area contributed by atoms with E-state index in [9.17, 15) is 9.59 Å². The van der Waals surface area contributed by atoms with Crippen molar-refractivity contribution in [3.63, 3.8) is 0 Å². The summed E-state index contributed by atoms with van der Waals surface area (Å²) in [6, 6.07) is 5.52. The van der Waals surface area contributed by atoms with E-state index in [0.29, 0.717) is 18.1 Å². The van der Waals surface area contributed by atoms with Crippen molar-refractivity contribution in [1.29, 1.82) is 0 Å². The minimum atomic E-state index is 0.0105. The summed E-state index contributed by atoms with van der Waals surface area (Å²) in [5.74, 6) is 0.226. The van der Waals surface area contributed by atoms with Gasteiger partial charge in [0.1, 0.15) is 0 Å². The summed E-state index contributed by atoms with van der Waals surface area (Å²) in [7, 11) is 0. The molecule has 28 heavy (non-hydrogen) atoms. The molecule has 0 bridgehead atoms. The third-order valence-electron chi connectivity index (χ3n) is 6.74. The highest BCUT2D eigenvalue weighted by Crippen LogP contribution is 2.62. The number of hydrogen-bond acceptors (Lipinski definition) is 4. The van der Waals surface area contributed by atoms with Crippen LogP contribution in [0.15, 0.2) is 18.2 Å². The summed E-state index contributed by atoms with van der Waals surface area (Å²) in [6.07, 6.45) is 5.86. The number of hydrogen-bond donors (Lipinski definition) is 2. The molecule has 1 aliphatic heterocycles. The predicted molar refractivity (Wildman–Crippen MR) is 110 cm³/mol. The number of nitrogens with one attached hydrogen (secondary N) is 1. The molecule has 0 radical (unpaired) electrons. The van der Waals surface area contributed by atoms with Crippen molar-refractivity contribution in [1.82, 2.24) is 15.1 Å². The van der Waals surface area contributed by atoms with Crippen LogP contribution in [0.3, 0.4) is 0 Å². The zero-order chi connectivity index (χ0) is 19.7. The smallest absolute Gasteiger partial charge is 0.242 e. The molecule has 3 N–H and O–H groups in total. The lowest BCUT2D eigenvalue weighted by Gasteiger charge is -2.35. The number of benzene rings is 1. The van der Waals surface area contributed by atoms with Gasteiger partial charge >= 0.3 is 0 Å². The lowest BCUT2D eigenvalue weighted by atomic mass is 10.0. The number of nitrogens with zero attached hydrogens (tertiary/aromatic N) is 2. The van der Waals surface area contributed by atoms with Crippen LogP contribution in [0.1, 0.15) is 37.7 Å². The molecule has 2 saturated carbocycles. The van der Waals surface area contributed by atoms with E-state index in [4.69, 9.17) is 17.3 Å². The fraction of sp³-hybridized carbons (Fsp3) is 0.619. The second-order valence-electron chi connectivity index (χ2n) is 8.54. The Morgan fingerprint density at radius 3 is 2.61 bits per heavy atom. The second kappa shape index (κ2) is 7.91. The van der Waals surface area contributed by atoms with Gasteiger partial charge in [-0.05, 0) is 48.4 Å². The van der Waals surface area contributed by atoms with Crippen LogP contribution in [-0.2, 0) is 16.1 Å². The van der Waals surface area contributed by atoms with Gasteiger partial charge in [0.2, 0.25) is 11.8 Å². The summed E-state index contributed by atoms with van der Waals surface area (Å²) < 4.78 is 0. The molecule has 6 nitrogen and oxygen atoms in total. The van der Waals surface area contributed by atoms with Gasteiger partial charge in [0, 0.05) is 49.4 Å². The molecule has 1 unspecified atom stereocenters. The van der Waals surface area contributed by atoms with E-state index in [0.717, 1.165) is 37.3 Å². The molecule has 2 aliphatic carbocycles. The summed E-state index contributed by atoms with van der Waals surface area (Å²) in [5.41, 5.74) is 8.07. The Kier molecular flexibility index (Phi) is 5.52. The first-order chi connectivity index (χ1) is 13.5. The van der Waals surface area contributed by atoms with E-state index in [1.54, 1.807) is 6.07 Å². The second-order valence-corrected chi connectivity index (χ2v) is 8.98. The molecule has 1 atom stereocenters. The molecule has 152 valence electrons. The van der Waals surface area contributed by atoms with Crippen LogP contribution >= 0.6 is 11.6 Å². The van der Waals surface area contributed by atoms with Crippen molar-refractivity contribution >= 4 is 29.1 Å². The Bertz CT molecular complexity index is 755. The average molecular weight is 405 g/mol. The average Bonchev–Trinajstić information content (AvgIpc) is 3.19. The molecule has 0 aromatic heterocycles. The topological polar surface area (TPSA) is 78.7 Å². The van der Waals surface area contributed by atoms with Crippen LogP contribution in [0.25, 0.3) is 0 Å². The number of carbonyl (C=O) groups excluding carboxylic acids is 2. The normalized spacial score (nSPS) is 23.8. The first kappa shape index (κ1) is 19.5. The van der Waals surface area contributed by atoms with Gasteiger partial charge in [-0.25, -0.2) is 0 Å². The van der Waals surface area contributed by atoms with Crippen LogP contribution in [0.4, 0.5) is 5.69 Å². The van der Waals surface area contributed by atoms with E-state index < -0.39 is 0 Å². The zero-order valence-corrected chi connectivity index (χ0v) is 17.0. The number of anilines is 1. The molecule has 1 aromatic carbocycles. The third-order valence-corrected chi connectivity index (χ3v) is 6.98. The molecule has 3 aliphatic rings. The summed E-state index contributed by atoms with van der Waals surface area (Å²) in [4.78, 5) is 29.0. The molecule has 1 spiro atoms. The monoisotopic (exact) mass is 404 g/mol. The van der Waals surface area contributed by atoms with Crippen LogP contribution in [0.2, 0.25) is 5.02 Å². The number of halogens is 1. The lowest BCUT2D eigenvalue weighted by molar-refractivity contribution is -0.134. The Morgan fingerprint density at radius 2 is 1.89 bits per heavy atom. The SMILES string of the molecule is Nc1ccc(Cl)cc1CN1CCN(C(=O)CNC(=O)C2CC23CCCC3)CC1. The van der Waals surface area contributed by atoms with Crippen LogP contribution < -0.4 is 11.1 Å². The lowest BCUT2D eigenvalue weighted by Crippen LogP contribution is -2.51. The van der Waals surface area contributed by atoms with E-state index >= 15 is 0 Å². The van der Waals surface area contributed by atoms with E-state index in [1.165, 1.54) is 25.7 Å². The van der Waals surface area contributed by atoms with Crippen LogP contribution in [0.5, 0.6) is 0 Å². The van der Waals surface area contributed by atoms with E-state index in [2.05, 4.69) is 10.2 Å². The fourth-order valence-electron chi connectivity index (χ4n) is 4.86. The zero-order valence-electron chi connectivity index (χ0n) is 16.3. The van der Waals surface area contributed by atoms with Gasteiger partial charge in [-0.2, -0.15) is 0 Å². The molecule has 1 heterocycles. The molecule has 3 fully saturated rings. The Labute approximate surface area is 171 Å². The number of amides is 2. The number of piperazine rings is 1. The van der Waals surface area contributed by atoms with Crippen molar-refractivity contribution in [2.45, 2.75) is 38.6 Å². The highest BCUT2D eigenvalue weighted by atomic mass is 35.5. The molecule has 1 saturated heterocycles. The molecular formula is C21H29ClN4O2. The highest BCUT2D eigenvalue weighted by Gasteiger charge is 2.58. The summed E-state index contributed by atoms with van der Waals surface area (Å²) in [5, 5.41) is 3.57. The summed E-state index contributed by atoms with van der Waals surface area (Å²) >= 11 is 6.06. The maximum Gasteiger partial charge on any atom is 0.242 e. The minimum Gasteiger partial charge on any atom is -0.398 e. The van der Waals surface area contributed by atoms with Crippen molar-refractivity contribution < 1.29 is 9.59 Å². The van der Waals surface area contributed by atoms with Crippen molar-refractivity contribution in [3.05, 3.63) is 28.8 Å². The first-order valence-electron chi connectivity index (χ1n) is 10.3. The number of carbonyl (C=O) groups is 2. The standard InChI is InChI=1S/C21H29ClN4O2/c22-16-3-4-18(23)15(11-16)14-25-7-9-26(10-8-25)19(27)13-24-20(28)17-12-21(17)5-1-2-6-21/h3-4,11,17H,1-2,5-10,12-14,23H2,(H,24,28). The van der Waals surface area contributed by atoms with Gasteiger partial charge < -0.3 is 16.0 Å². The largest absolute Gasteiger partial charge is 0.398 e. The Balaban J connectivity index is 1.20. The first-order valence-corrected chi connectivity index (χ1v) is 10.7. The van der Waals surface area contributed by atoms with Gasteiger partial charge in [-0.1, -0.05) is 24.4 Å². The quantitative estimate of drug-likeness (QED) is 0.738. The maximum absolute atomic E-state index is 12.5. The predicted octanol–water partition coefficient (Wildman–Crippen LogP) is 2.26. The third kappa shape index (κ3) is 4.13. The molecular weight excluding hydrogens is 376 g/mol. The Morgan fingerprint density at radius 1 is 1.18 bits per heavy atom. The van der Waals surface area contributed by atoms with Gasteiger partial charge in [0.15, 0.2) is 0 Å². The number of nitrogens with two attached hydrogens (primary N) is 1. The van der Waals surface area contributed by atoms with Gasteiger partial charge in [-0.3, -0.25) is 14.5 Å². The highest BCUT2D eigenvalue weighted by molar-refractivity contribution is 6.30. The van der Waals surface area contributed by atoms with E-state index in [1.807, 2.05) is 17.0 Å². The van der Waals surface area contributed by atoms with Gasteiger partial charge in [0.05, 0.1) is 6.54 Å². The van der Waals surface area contributed by atoms with E-state index in [-0.39, 0.29) is 29.7 Å². The molecule has 7 heteroatoms. The Hall–Kier alpha value is -1.79. The van der Waals surface area contributed by atoms with Crippen molar-refractivity contribution in [3.8, 4) is 0 Å². The van der Waals surface area contributed by atoms with Gasteiger partial charge in [-0.15, -0.1) is 0 Å². The maximum atomic E-state index is 12.5.